The monoisotopic (exact) mass is 408 g/mol. The molecular weight excluding hydrogens is 383 g/mol. The molecule has 1 aromatic heterocycles. The highest BCUT2D eigenvalue weighted by Gasteiger charge is 2.24. The van der Waals surface area contributed by atoms with Gasteiger partial charge in [0.2, 0.25) is 11.8 Å². The first-order valence-corrected chi connectivity index (χ1v) is 10.3. The quantitative estimate of drug-likeness (QED) is 0.643. The molecule has 30 heavy (non-hydrogen) atoms. The van der Waals surface area contributed by atoms with Crippen molar-refractivity contribution >= 4 is 11.9 Å². The topological polar surface area (TPSA) is 71.3 Å². The lowest BCUT2D eigenvalue weighted by molar-refractivity contribution is -0.121. The molecule has 1 atom stereocenters. The number of halogens is 1. The van der Waals surface area contributed by atoms with E-state index in [0.29, 0.717) is 18.3 Å². The fourth-order valence-electron chi connectivity index (χ4n) is 3.66. The molecule has 1 amide bonds. The summed E-state index contributed by atoms with van der Waals surface area (Å²) in [6.45, 7) is 1.81. The Morgan fingerprint density at radius 3 is 2.47 bits per heavy atom. The summed E-state index contributed by atoms with van der Waals surface area (Å²) >= 11 is 0. The molecule has 0 radical (unpaired) electrons. The molecule has 0 saturated carbocycles. The number of carbonyl (C=O) groups excluding carboxylic acids is 1. The standard InChI is InChI=1S/C23H25FN4O2/c24-19-11-9-18(10-12-19)16-21(29)25-20(15-17-7-3-1-4-8-17)22-26-27-23(30-22)28-13-5-2-6-14-28/h1,3-4,7-12,20H,2,5-6,13-16H2,(H,25,29)/t20-/m0/s1. The maximum atomic E-state index is 13.1. The lowest BCUT2D eigenvalue weighted by Crippen LogP contribution is -2.31. The van der Waals surface area contributed by atoms with Crippen LogP contribution in [0.4, 0.5) is 10.4 Å². The predicted octanol–water partition coefficient (Wildman–Crippen LogP) is 3.84. The Morgan fingerprint density at radius 1 is 1.00 bits per heavy atom. The third-order valence-corrected chi connectivity index (χ3v) is 5.25. The van der Waals surface area contributed by atoms with Crippen LogP contribution >= 0.6 is 0 Å². The first-order valence-electron chi connectivity index (χ1n) is 10.3. The Hall–Kier alpha value is -3.22. The third kappa shape index (κ3) is 5.23. The molecule has 1 saturated heterocycles. The second-order valence-electron chi connectivity index (χ2n) is 7.58. The molecule has 4 rings (SSSR count). The van der Waals surface area contributed by atoms with E-state index in [2.05, 4.69) is 20.4 Å². The summed E-state index contributed by atoms with van der Waals surface area (Å²) < 4.78 is 19.1. The van der Waals surface area contributed by atoms with Gasteiger partial charge in [0.15, 0.2) is 0 Å². The minimum absolute atomic E-state index is 0.151. The van der Waals surface area contributed by atoms with E-state index in [-0.39, 0.29) is 18.1 Å². The van der Waals surface area contributed by atoms with Crippen molar-refractivity contribution in [1.82, 2.24) is 15.5 Å². The average Bonchev–Trinajstić information content (AvgIpc) is 3.27. The van der Waals surface area contributed by atoms with E-state index >= 15 is 0 Å². The van der Waals surface area contributed by atoms with Gasteiger partial charge in [0.1, 0.15) is 11.9 Å². The fraction of sp³-hybridized carbons (Fsp3) is 0.348. The summed E-state index contributed by atoms with van der Waals surface area (Å²) in [4.78, 5) is 14.8. The highest BCUT2D eigenvalue weighted by atomic mass is 19.1. The lowest BCUT2D eigenvalue weighted by Gasteiger charge is -2.24. The smallest absolute Gasteiger partial charge is 0.318 e. The zero-order valence-corrected chi connectivity index (χ0v) is 16.8. The Kier molecular flexibility index (Phi) is 6.37. The van der Waals surface area contributed by atoms with Crippen molar-refractivity contribution in [2.45, 2.75) is 38.1 Å². The fourth-order valence-corrected chi connectivity index (χ4v) is 3.66. The second kappa shape index (κ2) is 9.52. The summed E-state index contributed by atoms with van der Waals surface area (Å²) in [5.74, 6) is -0.107. The Bertz CT molecular complexity index is 953. The van der Waals surface area contributed by atoms with Crippen molar-refractivity contribution in [3.8, 4) is 0 Å². The van der Waals surface area contributed by atoms with E-state index in [1.54, 1.807) is 12.1 Å². The van der Waals surface area contributed by atoms with E-state index in [1.807, 2.05) is 30.3 Å². The van der Waals surface area contributed by atoms with Crippen molar-refractivity contribution < 1.29 is 13.6 Å². The van der Waals surface area contributed by atoms with Crippen LogP contribution < -0.4 is 10.2 Å². The molecule has 0 bridgehead atoms. The molecule has 0 aliphatic carbocycles. The highest BCUT2D eigenvalue weighted by Crippen LogP contribution is 2.23. The van der Waals surface area contributed by atoms with Crippen LogP contribution in [-0.4, -0.2) is 29.2 Å². The zero-order chi connectivity index (χ0) is 20.8. The molecule has 6 nitrogen and oxygen atoms in total. The number of hydrogen-bond acceptors (Lipinski definition) is 5. The first-order chi connectivity index (χ1) is 14.7. The van der Waals surface area contributed by atoms with Gasteiger partial charge in [-0.3, -0.25) is 4.79 Å². The van der Waals surface area contributed by atoms with E-state index in [9.17, 15) is 9.18 Å². The van der Waals surface area contributed by atoms with Gasteiger partial charge in [0.25, 0.3) is 0 Å². The minimum Gasteiger partial charge on any atom is -0.406 e. The van der Waals surface area contributed by atoms with Crippen LogP contribution in [0, 0.1) is 5.82 Å². The van der Waals surface area contributed by atoms with Gasteiger partial charge in [-0.2, -0.15) is 0 Å². The largest absolute Gasteiger partial charge is 0.406 e. The number of anilines is 1. The molecular formula is C23H25FN4O2. The Labute approximate surface area is 175 Å². The summed E-state index contributed by atoms with van der Waals surface area (Å²) in [5, 5.41) is 11.5. The van der Waals surface area contributed by atoms with Gasteiger partial charge in [-0.15, -0.1) is 5.10 Å². The van der Waals surface area contributed by atoms with Crippen molar-refractivity contribution in [2.75, 3.05) is 18.0 Å². The zero-order valence-electron chi connectivity index (χ0n) is 16.8. The van der Waals surface area contributed by atoms with Gasteiger partial charge in [0.05, 0.1) is 6.42 Å². The molecule has 1 N–H and O–H groups in total. The van der Waals surface area contributed by atoms with E-state index in [0.717, 1.165) is 37.1 Å². The molecule has 0 spiro atoms. The number of piperidine rings is 1. The van der Waals surface area contributed by atoms with Crippen LogP contribution in [0.1, 0.15) is 42.3 Å². The van der Waals surface area contributed by atoms with E-state index in [4.69, 9.17) is 4.42 Å². The lowest BCUT2D eigenvalue weighted by atomic mass is 10.1. The van der Waals surface area contributed by atoms with Crippen molar-refractivity contribution in [3.05, 3.63) is 77.4 Å². The van der Waals surface area contributed by atoms with Crippen molar-refractivity contribution in [3.63, 3.8) is 0 Å². The van der Waals surface area contributed by atoms with Gasteiger partial charge in [0, 0.05) is 19.5 Å². The van der Waals surface area contributed by atoms with Crippen LogP contribution in [0.2, 0.25) is 0 Å². The Balaban J connectivity index is 1.49. The maximum Gasteiger partial charge on any atom is 0.318 e. The third-order valence-electron chi connectivity index (χ3n) is 5.25. The maximum absolute atomic E-state index is 13.1. The number of rotatable bonds is 7. The number of nitrogens with zero attached hydrogens (tertiary/aromatic N) is 3. The highest BCUT2D eigenvalue weighted by molar-refractivity contribution is 5.78. The molecule has 1 aliphatic heterocycles. The number of amides is 1. The van der Waals surface area contributed by atoms with Gasteiger partial charge in [-0.05, 0) is 42.5 Å². The van der Waals surface area contributed by atoms with Gasteiger partial charge in [-0.1, -0.05) is 47.6 Å². The summed E-state index contributed by atoms with van der Waals surface area (Å²) in [7, 11) is 0. The van der Waals surface area contributed by atoms with Crippen LogP contribution in [0.25, 0.3) is 0 Å². The van der Waals surface area contributed by atoms with Crippen LogP contribution in [0.15, 0.2) is 59.0 Å². The van der Waals surface area contributed by atoms with Gasteiger partial charge >= 0.3 is 6.01 Å². The number of nitrogens with one attached hydrogen (secondary N) is 1. The van der Waals surface area contributed by atoms with Crippen LogP contribution in [0.5, 0.6) is 0 Å². The number of carbonyl (C=O) groups is 1. The summed E-state index contributed by atoms with van der Waals surface area (Å²) in [5.41, 5.74) is 1.80. The first kappa shape index (κ1) is 20.1. The molecule has 2 aromatic carbocycles. The predicted molar refractivity (Wildman–Crippen MR) is 111 cm³/mol. The normalized spacial score (nSPS) is 15.0. The minimum atomic E-state index is -0.439. The number of aromatic nitrogens is 2. The van der Waals surface area contributed by atoms with Crippen molar-refractivity contribution in [1.29, 1.82) is 0 Å². The van der Waals surface area contributed by atoms with Crippen molar-refractivity contribution in [2.24, 2.45) is 0 Å². The Morgan fingerprint density at radius 2 is 1.73 bits per heavy atom. The van der Waals surface area contributed by atoms with E-state index < -0.39 is 6.04 Å². The molecule has 156 valence electrons. The molecule has 1 aliphatic rings. The summed E-state index contributed by atoms with van der Waals surface area (Å²) in [6, 6.07) is 15.9. The molecule has 2 heterocycles. The number of benzene rings is 2. The number of hydrogen-bond donors (Lipinski definition) is 1. The van der Waals surface area contributed by atoms with Crippen LogP contribution in [-0.2, 0) is 17.6 Å². The summed E-state index contributed by atoms with van der Waals surface area (Å²) in [6.07, 6.45) is 4.13. The molecule has 3 aromatic rings. The SMILES string of the molecule is O=C(Cc1ccc(F)cc1)N[C@@H](Cc1ccccc1)c1nnc(N2CCCCC2)o1. The van der Waals surface area contributed by atoms with Gasteiger partial charge in [-0.25, -0.2) is 4.39 Å². The average molecular weight is 408 g/mol. The second-order valence-corrected chi connectivity index (χ2v) is 7.58. The van der Waals surface area contributed by atoms with Gasteiger partial charge < -0.3 is 14.6 Å². The molecule has 1 fully saturated rings. The van der Waals surface area contributed by atoms with E-state index in [1.165, 1.54) is 18.6 Å². The molecule has 0 unspecified atom stereocenters. The van der Waals surface area contributed by atoms with Crippen LogP contribution in [0.3, 0.4) is 0 Å². The molecule has 7 heteroatoms.